The van der Waals surface area contributed by atoms with E-state index in [0.717, 1.165) is 37.6 Å². The number of pyridine rings is 1. The molecule has 0 bridgehead atoms. The highest BCUT2D eigenvalue weighted by molar-refractivity contribution is 7.18. The molecule has 5 aromatic rings. The Bertz CT molecular complexity index is 1390. The summed E-state index contributed by atoms with van der Waals surface area (Å²) in [6.45, 7) is 1.98. The fourth-order valence-electron chi connectivity index (χ4n) is 3.55. The Labute approximate surface area is 184 Å². The predicted molar refractivity (Wildman–Crippen MR) is 127 cm³/mol. The van der Waals surface area contributed by atoms with Crippen LogP contribution in [-0.2, 0) is 0 Å². The number of hydrogen-bond donors (Lipinski definition) is 1. The Balaban J connectivity index is 1.49. The summed E-state index contributed by atoms with van der Waals surface area (Å²) in [4.78, 5) is 23.5. The van der Waals surface area contributed by atoms with Crippen molar-refractivity contribution < 1.29 is 4.79 Å². The van der Waals surface area contributed by atoms with Crippen LogP contribution < -0.4 is 5.32 Å². The molecule has 0 fully saturated rings. The molecule has 3 aromatic carbocycles. The van der Waals surface area contributed by atoms with E-state index in [1.807, 2.05) is 97.9 Å². The lowest BCUT2D eigenvalue weighted by Crippen LogP contribution is -2.14. The summed E-state index contributed by atoms with van der Waals surface area (Å²) in [5.74, 6) is 0.344. The monoisotopic (exact) mass is 421 g/mol. The van der Waals surface area contributed by atoms with Crippen LogP contribution in [0.4, 0.5) is 5.82 Å². The van der Waals surface area contributed by atoms with E-state index in [2.05, 4.69) is 10.3 Å². The van der Waals surface area contributed by atoms with Gasteiger partial charge in [-0.1, -0.05) is 66.7 Å². The van der Waals surface area contributed by atoms with Gasteiger partial charge in [-0.15, -0.1) is 11.3 Å². The minimum Gasteiger partial charge on any atom is -0.307 e. The van der Waals surface area contributed by atoms with Crippen LogP contribution in [-0.4, -0.2) is 15.9 Å². The average Bonchev–Trinajstić information content (AvgIpc) is 3.21. The van der Waals surface area contributed by atoms with Crippen molar-refractivity contribution in [2.24, 2.45) is 0 Å². The molecule has 0 saturated heterocycles. The largest absolute Gasteiger partial charge is 0.307 e. The SMILES string of the molecule is Cc1nc(-c2ccccc2)sc1-c1ccccc1C(=O)Nc1ccc2ccccc2n1. The average molecular weight is 422 g/mol. The van der Waals surface area contributed by atoms with Gasteiger partial charge in [0, 0.05) is 22.1 Å². The molecule has 4 nitrogen and oxygen atoms in total. The normalized spacial score (nSPS) is 10.9. The number of thiazole rings is 1. The summed E-state index contributed by atoms with van der Waals surface area (Å²) in [5, 5.41) is 4.93. The number of carbonyl (C=O) groups excluding carboxylic acids is 1. The van der Waals surface area contributed by atoms with Crippen LogP contribution in [0, 0.1) is 6.92 Å². The molecule has 0 aliphatic heterocycles. The quantitative estimate of drug-likeness (QED) is 0.356. The maximum Gasteiger partial charge on any atom is 0.257 e. The number of amides is 1. The number of aromatic nitrogens is 2. The number of nitrogens with zero attached hydrogens (tertiary/aromatic N) is 2. The second-order valence-electron chi connectivity index (χ2n) is 7.19. The first-order valence-electron chi connectivity index (χ1n) is 9.98. The fraction of sp³-hybridized carbons (Fsp3) is 0.0385. The maximum absolute atomic E-state index is 13.2. The molecule has 2 heterocycles. The molecule has 0 aliphatic rings. The van der Waals surface area contributed by atoms with Gasteiger partial charge in [0.1, 0.15) is 10.8 Å². The van der Waals surface area contributed by atoms with Crippen molar-refractivity contribution in [2.45, 2.75) is 6.92 Å². The van der Waals surface area contributed by atoms with Crippen molar-refractivity contribution in [3.05, 3.63) is 102 Å². The fourth-order valence-corrected chi connectivity index (χ4v) is 4.66. The standard InChI is InChI=1S/C26H19N3OS/c1-17-24(31-26(27-17)19-10-3-2-4-11-19)20-12-6-7-13-21(20)25(30)29-23-16-15-18-9-5-8-14-22(18)28-23/h2-16H,1H3,(H,28,29,30). The molecule has 5 heteroatoms. The third kappa shape index (κ3) is 3.83. The maximum atomic E-state index is 13.2. The third-order valence-corrected chi connectivity index (χ3v) is 6.31. The summed E-state index contributed by atoms with van der Waals surface area (Å²) >= 11 is 1.60. The molecule has 0 saturated carbocycles. The summed E-state index contributed by atoms with van der Waals surface area (Å²) in [7, 11) is 0. The number of nitrogens with one attached hydrogen (secondary N) is 1. The molecule has 31 heavy (non-hydrogen) atoms. The first kappa shape index (κ1) is 19.2. The number of aryl methyl sites for hydroxylation is 1. The molecule has 0 atom stereocenters. The van der Waals surface area contributed by atoms with Crippen molar-refractivity contribution in [2.75, 3.05) is 5.32 Å². The van der Waals surface area contributed by atoms with Crippen molar-refractivity contribution in [1.29, 1.82) is 0 Å². The lowest BCUT2D eigenvalue weighted by molar-refractivity contribution is 0.102. The minimum atomic E-state index is -0.188. The number of fused-ring (bicyclic) bond motifs is 1. The minimum absolute atomic E-state index is 0.188. The van der Waals surface area contributed by atoms with Crippen molar-refractivity contribution >= 4 is 34.0 Å². The Hall–Kier alpha value is -3.83. The highest BCUT2D eigenvalue weighted by Gasteiger charge is 2.18. The van der Waals surface area contributed by atoms with Gasteiger partial charge >= 0.3 is 0 Å². The summed E-state index contributed by atoms with van der Waals surface area (Å²) in [6, 6.07) is 29.4. The molecule has 5 rings (SSSR count). The molecule has 1 amide bonds. The van der Waals surface area contributed by atoms with Crippen LogP contribution in [0.25, 0.3) is 31.9 Å². The lowest BCUT2D eigenvalue weighted by Gasteiger charge is -2.10. The second kappa shape index (κ2) is 8.13. The van der Waals surface area contributed by atoms with Gasteiger partial charge in [0.25, 0.3) is 5.91 Å². The summed E-state index contributed by atoms with van der Waals surface area (Å²) < 4.78 is 0. The van der Waals surface area contributed by atoms with E-state index < -0.39 is 0 Å². The Morgan fingerprint density at radius 2 is 1.55 bits per heavy atom. The molecular formula is C26H19N3OS. The van der Waals surface area contributed by atoms with Crippen molar-refractivity contribution in [3.63, 3.8) is 0 Å². The zero-order valence-corrected chi connectivity index (χ0v) is 17.7. The number of carbonyl (C=O) groups is 1. The molecule has 0 aliphatic carbocycles. The van der Waals surface area contributed by atoms with Gasteiger partial charge in [-0.25, -0.2) is 9.97 Å². The number of anilines is 1. The smallest absolute Gasteiger partial charge is 0.257 e. The second-order valence-corrected chi connectivity index (χ2v) is 8.19. The van der Waals surface area contributed by atoms with E-state index in [9.17, 15) is 4.79 Å². The van der Waals surface area contributed by atoms with Crippen LogP contribution in [0.5, 0.6) is 0 Å². The zero-order valence-electron chi connectivity index (χ0n) is 16.9. The lowest BCUT2D eigenvalue weighted by atomic mass is 10.0. The third-order valence-electron chi connectivity index (χ3n) is 5.07. The van der Waals surface area contributed by atoms with Gasteiger partial charge in [0.05, 0.1) is 16.1 Å². The van der Waals surface area contributed by atoms with Gasteiger partial charge in [0.15, 0.2) is 0 Å². The number of para-hydroxylation sites is 1. The van der Waals surface area contributed by atoms with Crippen molar-refractivity contribution in [1.82, 2.24) is 9.97 Å². The molecule has 150 valence electrons. The van der Waals surface area contributed by atoms with Crippen LogP contribution in [0.1, 0.15) is 16.1 Å². The molecule has 0 spiro atoms. The van der Waals surface area contributed by atoms with E-state index in [-0.39, 0.29) is 5.91 Å². The van der Waals surface area contributed by atoms with Gasteiger partial charge in [-0.05, 0) is 31.2 Å². The molecule has 0 radical (unpaired) electrons. The summed E-state index contributed by atoms with van der Waals surface area (Å²) in [5.41, 5.74) is 4.30. The molecule has 0 unspecified atom stereocenters. The van der Waals surface area contributed by atoms with E-state index in [1.165, 1.54) is 0 Å². The van der Waals surface area contributed by atoms with Crippen LogP contribution >= 0.6 is 11.3 Å². The van der Waals surface area contributed by atoms with E-state index in [1.54, 1.807) is 11.3 Å². The molecule has 2 aromatic heterocycles. The Morgan fingerprint density at radius 1 is 0.806 bits per heavy atom. The Morgan fingerprint density at radius 3 is 2.42 bits per heavy atom. The van der Waals surface area contributed by atoms with E-state index in [4.69, 9.17) is 4.98 Å². The summed E-state index contributed by atoms with van der Waals surface area (Å²) in [6.07, 6.45) is 0. The number of hydrogen-bond acceptors (Lipinski definition) is 4. The molecule has 1 N–H and O–H groups in total. The van der Waals surface area contributed by atoms with Crippen molar-refractivity contribution in [3.8, 4) is 21.0 Å². The number of benzene rings is 3. The zero-order chi connectivity index (χ0) is 21.2. The van der Waals surface area contributed by atoms with E-state index >= 15 is 0 Å². The Kier molecular flexibility index (Phi) is 5.02. The first-order chi connectivity index (χ1) is 15.2. The topological polar surface area (TPSA) is 54.9 Å². The highest BCUT2D eigenvalue weighted by atomic mass is 32.1. The van der Waals surface area contributed by atoms with Gasteiger partial charge in [0.2, 0.25) is 0 Å². The first-order valence-corrected chi connectivity index (χ1v) is 10.8. The predicted octanol–water partition coefficient (Wildman–Crippen LogP) is 6.59. The van der Waals surface area contributed by atoms with Crippen LogP contribution in [0.15, 0.2) is 91.0 Å². The molecular weight excluding hydrogens is 402 g/mol. The van der Waals surface area contributed by atoms with E-state index in [0.29, 0.717) is 11.4 Å². The van der Waals surface area contributed by atoms with Gasteiger partial charge < -0.3 is 5.32 Å². The van der Waals surface area contributed by atoms with Crippen LogP contribution in [0.2, 0.25) is 0 Å². The number of rotatable bonds is 4. The van der Waals surface area contributed by atoms with Crippen LogP contribution in [0.3, 0.4) is 0 Å². The highest BCUT2D eigenvalue weighted by Crippen LogP contribution is 2.37. The van der Waals surface area contributed by atoms with Gasteiger partial charge in [-0.3, -0.25) is 4.79 Å². The van der Waals surface area contributed by atoms with Gasteiger partial charge in [-0.2, -0.15) is 0 Å².